The predicted octanol–water partition coefficient (Wildman–Crippen LogP) is 1.72. The van der Waals surface area contributed by atoms with Gasteiger partial charge in [0, 0.05) is 31.9 Å². The van der Waals surface area contributed by atoms with Crippen LogP contribution in [0.2, 0.25) is 0 Å². The van der Waals surface area contributed by atoms with Crippen LogP contribution in [0.4, 0.5) is 5.69 Å². The first-order valence-corrected chi connectivity index (χ1v) is 8.47. The quantitative estimate of drug-likeness (QED) is 0.829. The third kappa shape index (κ3) is 4.55. The third-order valence-electron chi connectivity index (χ3n) is 4.77. The van der Waals surface area contributed by atoms with Crippen molar-refractivity contribution in [3.05, 3.63) is 29.3 Å². The second-order valence-electron chi connectivity index (χ2n) is 6.37. The number of piperazine rings is 1. The van der Waals surface area contributed by atoms with E-state index in [0.29, 0.717) is 39.1 Å². The lowest BCUT2D eigenvalue weighted by Gasteiger charge is -2.37. The maximum Gasteiger partial charge on any atom is 0.320 e. The minimum atomic E-state index is -0.765. The van der Waals surface area contributed by atoms with Crippen LogP contribution in [0.25, 0.3) is 0 Å². The van der Waals surface area contributed by atoms with E-state index in [2.05, 4.69) is 10.2 Å². The van der Waals surface area contributed by atoms with E-state index in [4.69, 9.17) is 0 Å². The first kappa shape index (κ1) is 18.4. The highest BCUT2D eigenvalue weighted by Crippen LogP contribution is 2.18. The maximum absolute atomic E-state index is 12.3. The first-order chi connectivity index (χ1) is 11.4. The normalized spacial score (nSPS) is 17.5. The average Bonchev–Trinajstić information content (AvgIpc) is 2.54. The van der Waals surface area contributed by atoms with E-state index in [9.17, 15) is 14.7 Å². The van der Waals surface area contributed by atoms with Crippen molar-refractivity contribution >= 4 is 17.6 Å². The number of carboxylic acids is 1. The standard InChI is InChI=1S/C18H27N3O3/c1-4-16(18(23)24)21-10-8-20(9-11-21)12-17(22)19-15-7-5-6-13(2)14(15)3/h5-7,16H,4,8-12H2,1-3H3,(H,19,22)(H,23,24)/t16-/m0/s1. The molecule has 1 fully saturated rings. The first-order valence-electron chi connectivity index (χ1n) is 8.47. The Morgan fingerprint density at radius 1 is 1.21 bits per heavy atom. The number of rotatable bonds is 6. The molecule has 1 aliphatic rings. The zero-order valence-electron chi connectivity index (χ0n) is 14.7. The molecule has 1 amide bonds. The zero-order valence-corrected chi connectivity index (χ0v) is 14.7. The molecular formula is C18H27N3O3. The van der Waals surface area contributed by atoms with Crippen LogP contribution in [-0.4, -0.2) is 65.5 Å². The lowest BCUT2D eigenvalue weighted by Crippen LogP contribution is -2.53. The van der Waals surface area contributed by atoms with Gasteiger partial charge in [0.2, 0.25) is 5.91 Å². The Morgan fingerprint density at radius 3 is 2.46 bits per heavy atom. The van der Waals surface area contributed by atoms with E-state index < -0.39 is 12.0 Å². The fraction of sp³-hybridized carbons (Fsp3) is 0.556. The van der Waals surface area contributed by atoms with Crippen molar-refractivity contribution in [3.8, 4) is 0 Å². The maximum atomic E-state index is 12.3. The molecule has 1 aliphatic heterocycles. The van der Waals surface area contributed by atoms with E-state index in [-0.39, 0.29) is 5.91 Å². The molecule has 0 bridgehead atoms. The molecule has 2 rings (SSSR count). The van der Waals surface area contributed by atoms with Gasteiger partial charge in [0.25, 0.3) is 0 Å². The summed E-state index contributed by atoms with van der Waals surface area (Å²) in [5.74, 6) is -0.791. The molecule has 1 aromatic rings. The van der Waals surface area contributed by atoms with E-state index in [0.717, 1.165) is 16.8 Å². The third-order valence-corrected chi connectivity index (χ3v) is 4.77. The fourth-order valence-corrected chi connectivity index (χ4v) is 3.10. The number of nitrogens with one attached hydrogen (secondary N) is 1. The van der Waals surface area contributed by atoms with Crippen LogP contribution in [0.5, 0.6) is 0 Å². The summed E-state index contributed by atoms with van der Waals surface area (Å²) in [4.78, 5) is 27.6. The topological polar surface area (TPSA) is 72.9 Å². The van der Waals surface area contributed by atoms with E-state index in [1.165, 1.54) is 0 Å². The highest BCUT2D eigenvalue weighted by molar-refractivity contribution is 5.93. The van der Waals surface area contributed by atoms with Gasteiger partial charge in [-0.3, -0.25) is 19.4 Å². The molecule has 1 heterocycles. The van der Waals surface area contributed by atoms with Gasteiger partial charge in [-0.05, 0) is 37.5 Å². The molecule has 0 aromatic heterocycles. The van der Waals surface area contributed by atoms with Crippen molar-refractivity contribution in [2.75, 3.05) is 38.0 Å². The Bertz CT molecular complexity index is 595. The molecule has 0 aliphatic carbocycles. The average molecular weight is 333 g/mol. The van der Waals surface area contributed by atoms with Crippen molar-refractivity contribution in [2.45, 2.75) is 33.2 Å². The molecular weight excluding hydrogens is 306 g/mol. The molecule has 1 aromatic carbocycles. The van der Waals surface area contributed by atoms with Gasteiger partial charge < -0.3 is 10.4 Å². The Balaban J connectivity index is 1.84. The van der Waals surface area contributed by atoms with Crippen LogP contribution in [0.15, 0.2) is 18.2 Å². The summed E-state index contributed by atoms with van der Waals surface area (Å²) in [7, 11) is 0. The van der Waals surface area contributed by atoms with E-state index >= 15 is 0 Å². The smallest absolute Gasteiger partial charge is 0.320 e. The van der Waals surface area contributed by atoms with E-state index in [1.54, 1.807) is 0 Å². The van der Waals surface area contributed by atoms with Gasteiger partial charge in [-0.15, -0.1) is 0 Å². The van der Waals surface area contributed by atoms with Gasteiger partial charge in [-0.1, -0.05) is 19.1 Å². The number of carbonyl (C=O) groups is 2. The number of hydrogen-bond acceptors (Lipinski definition) is 4. The summed E-state index contributed by atoms with van der Waals surface area (Å²) >= 11 is 0. The number of aliphatic carboxylic acids is 1. The van der Waals surface area contributed by atoms with Gasteiger partial charge >= 0.3 is 5.97 Å². The SMILES string of the molecule is CC[C@@H](C(=O)O)N1CCN(CC(=O)Nc2cccc(C)c2C)CC1. The number of carbonyl (C=O) groups excluding carboxylic acids is 1. The summed E-state index contributed by atoms with van der Waals surface area (Å²) in [6.07, 6.45) is 0.600. The van der Waals surface area contributed by atoms with Crippen molar-refractivity contribution in [3.63, 3.8) is 0 Å². The van der Waals surface area contributed by atoms with Crippen molar-refractivity contribution < 1.29 is 14.7 Å². The molecule has 1 saturated heterocycles. The molecule has 0 saturated carbocycles. The van der Waals surface area contributed by atoms with Gasteiger partial charge in [-0.2, -0.15) is 0 Å². The van der Waals surface area contributed by atoms with Crippen LogP contribution in [-0.2, 0) is 9.59 Å². The monoisotopic (exact) mass is 333 g/mol. The van der Waals surface area contributed by atoms with Gasteiger partial charge in [0.05, 0.1) is 6.54 Å². The number of amides is 1. The molecule has 0 spiro atoms. The lowest BCUT2D eigenvalue weighted by molar-refractivity contribution is -0.144. The molecule has 2 N–H and O–H groups in total. The van der Waals surface area contributed by atoms with Crippen molar-refractivity contribution in [1.82, 2.24) is 9.80 Å². The molecule has 132 valence electrons. The summed E-state index contributed by atoms with van der Waals surface area (Å²) in [5, 5.41) is 12.2. The Morgan fingerprint density at radius 2 is 1.88 bits per heavy atom. The van der Waals surface area contributed by atoms with Gasteiger partial charge in [-0.25, -0.2) is 0 Å². The number of nitrogens with zero attached hydrogens (tertiary/aromatic N) is 2. The number of hydrogen-bond donors (Lipinski definition) is 2. The zero-order chi connectivity index (χ0) is 17.7. The molecule has 1 atom stereocenters. The molecule has 0 unspecified atom stereocenters. The fourth-order valence-electron chi connectivity index (χ4n) is 3.10. The second kappa shape index (κ2) is 8.26. The molecule has 0 radical (unpaired) electrons. The minimum Gasteiger partial charge on any atom is -0.480 e. The van der Waals surface area contributed by atoms with Crippen LogP contribution < -0.4 is 5.32 Å². The Kier molecular flexibility index (Phi) is 6.34. The molecule has 6 nitrogen and oxygen atoms in total. The van der Waals surface area contributed by atoms with E-state index in [1.807, 2.05) is 43.9 Å². The highest BCUT2D eigenvalue weighted by Gasteiger charge is 2.27. The van der Waals surface area contributed by atoms with Crippen LogP contribution in [0, 0.1) is 13.8 Å². The molecule has 6 heteroatoms. The van der Waals surface area contributed by atoms with Gasteiger partial charge in [0.15, 0.2) is 0 Å². The summed E-state index contributed by atoms with van der Waals surface area (Å²) in [6, 6.07) is 5.46. The van der Waals surface area contributed by atoms with Crippen molar-refractivity contribution in [1.29, 1.82) is 0 Å². The second-order valence-corrected chi connectivity index (χ2v) is 6.37. The minimum absolute atomic E-state index is 0.0255. The van der Waals surface area contributed by atoms with Crippen LogP contribution >= 0.6 is 0 Å². The number of carboxylic acid groups (broad SMARTS) is 1. The Hall–Kier alpha value is -1.92. The van der Waals surface area contributed by atoms with Gasteiger partial charge in [0.1, 0.15) is 6.04 Å². The largest absolute Gasteiger partial charge is 0.480 e. The molecule has 24 heavy (non-hydrogen) atoms. The van der Waals surface area contributed by atoms with Crippen LogP contribution in [0.3, 0.4) is 0 Å². The van der Waals surface area contributed by atoms with Crippen molar-refractivity contribution in [2.24, 2.45) is 0 Å². The summed E-state index contributed by atoms with van der Waals surface area (Å²) in [5.41, 5.74) is 3.10. The number of aryl methyl sites for hydroxylation is 1. The lowest BCUT2D eigenvalue weighted by atomic mass is 10.1. The summed E-state index contributed by atoms with van der Waals surface area (Å²) in [6.45, 7) is 9.04. The summed E-state index contributed by atoms with van der Waals surface area (Å²) < 4.78 is 0. The highest BCUT2D eigenvalue weighted by atomic mass is 16.4. The number of benzene rings is 1. The number of anilines is 1. The van der Waals surface area contributed by atoms with Crippen LogP contribution in [0.1, 0.15) is 24.5 Å². The Labute approximate surface area is 143 Å². The predicted molar refractivity (Wildman–Crippen MR) is 94.3 cm³/mol.